The van der Waals surface area contributed by atoms with E-state index in [4.69, 9.17) is 10.8 Å². The van der Waals surface area contributed by atoms with Crippen LogP contribution in [-0.2, 0) is 11.2 Å². The van der Waals surface area contributed by atoms with Crippen molar-refractivity contribution in [2.75, 3.05) is 6.86 Å². The maximum Gasteiger partial charge on any atom is 0.320 e. The number of hydrogen-bond donors (Lipinski definition) is 2. The fraction of sp³-hybridized carbons (Fsp3) is 0.300. The van der Waals surface area contributed by atoms with Crippen molar-refractivity contribution in [1.82, 2.24) is 0 Å². The summed E-state index contributed by atoms with van der Waals surface area (Å²) in [5.74, 6) is -0.635. The Kier molecular flexibility index (Phi) is 4.05. The largest absolute Gasteiger partial charge is 0.480 e. The molecular formula is C10H12FNO3. The first-order valence-corrected chi connectivity index (χ1v) is 4.39. The highest BCUT2D eigenvalue weighted by molar-refractivity contribution is 5.73. The van der Waals surface area contributed by atoms with Crippen LogP contribution in [0.2, 0.25) is 0 Å². The van der Waals surface area contributed by atoms with Crippen LogP contribution in [0.4, 0.5) is 4.39 Å². The molecule has 0 bridgehead atoms. The number of hydrogen-bond acceptors (Lipinski definition) is 3. The average Bonchev–Trinajstić information content (AvgIpc) is 2.21. The number of carboxylic acids is 1. The highest BCUT2D eigenvalue weighted by Crippen LogP contribution is 2.13. The van der Waals surface area contributed by atoms with Crippen molar-refractivity contribution in [2.45, 2.75) is 12.5 Å². The molecule has 0 saturated carbocycles. The Bertz CT molecular complexity index is 326. The molecule has 0 heterocycles. The van der Waals surface area contributed by atoms with E-state index in [9.17, 15) is 9.18 Å². The van der Waals surface area contributed by atoms with Crippen LogP contribution in [0.25, 0.3) is 0 Å². The van der Waals surface area contributed by atoms with Gasteiger partial charge in [0.05, 0.1) is 0 Å². The monoisotopic (exact) mass is 212 g/mol. The first-order valence-electron chi connectivity index (χ1n) is 4.39. The molecule has 0 aliphatic carbocycles. The summed E-state index contributed by atoms with van der Waals surface area (Å²) in [6, 6.07) is 5.55. The van der Waals surface area contributed by atoms with Crippen molar-refractivity contribution in [3.8, 4) is 5.75 Å². The van der Waals surface area contributed by atoms with E-state index >= 15 is 0 Å². The smallest absolute Gasteiger partial charge is 0.320 e. The van der Waals surface area contributed by atoms with Crippen molar-refractivity contribution in [3.63, 3.8) is 0 Å². The minimum Gasteiger partial charge on any atom is -0.480 e. The number of halogens is 1. The summed E-state index contributed by atoms with van der Waals surface area (Å²) >= 11 is 0. The molecule has 82 valence electrons. The zero-order chi connectivity index (χ0) is 11.3. The van der Waals surface area contributed by atoms with Gasteiger partial charge in [0.1, 0.15) is 11.8 Å². The van der Waals surface area contributed by atoms with E-state index in [1.54, 1.807) is 24.3 Å². The molecule has 0 amide bonds. The molecule has 0 fully saturated rings. The summed E-state index contributed by atoms with van der Waals surface area (Å²) < 4.78 is 16.4. The van der Waals surface area contributed by atoms with Crippen molar-refractivity contribution in [3.05, 3.63) is 29.8 Å². The van der Waals surface area contributed by atoms with Gasteiger partial charge in [-0.3, -0.25) is 4.79 Å². The lowest BCUT2D eigenvalue weighted by Gasteiger charge is -2.07. The molecule has 0 saturated heterocycles. The summed E-state index contributed by atoms with van der Waals surface area (Å²) in [5, 5.41) is 8.58. The van der Waals surface area contributed by atoms with E-state index in [0.29, 0.717) is 5.75 Å². The summed E-state index contributed by atoms with van der Waals surface area (Å²) in [6.07, 6.45) is 0.241. The SMILES string of the molecule is NC(Cc1ccc(OC[18F])cc1)C(=O)O. The van der Waals surface area contributed by atoms with Gasteiger partial charge in [0, 0.05) is 0 Å². The summed E-state index contributed by atoms with van der Waals surface area (Å²) in [4.78, 5) is 10.5. The number of nitrogens with two attached hydrogens (primary N) is 1. The molecule has 3 N–H and O–H groups in total. The number of aliphatic carboxylic acids is 1. The first kappa shape index (κ1) is 11.5. The van der Waals surface area contributed by atoms with Crippen LogP contribution in [0.5, 0.6) is 5.75 Å². The Morgan fingerprint density at radius 2 is 2.07 bits per heavy atom. The van der Waals surface area contributed by atoms with E-state index in [1.807, 2.05) is 0 Å². The van der Waals surface area contributed by atoms with E-state index < -0.39 is 18.9 Å². The normalized spacial score (nSPS) is 12.1. The third-order valence-corrected chi connectivity index (χ3v) is 1.92. The highest BCUT2D eigenvalue weighted by atomic mass is 18.2. The maximum atomic E-state index is 11.8. The average molecular weight is 212 g/mol. The van der Waals surface area contributed by atoms with E-state index in [2.05, 4.69) is 4.74 Å². The molecule has 0 aliphatic heterocycles. The van der Waals surface area contributed by atoms with Gasteiger partial charge in [0.25, 0.3) is 0 Å². The maximum absolute atomic E-state index is 11.8. The molecule has 1 rings (SSSR count). The Labute approximate surface area is 86.5 Å². The van der Waals surface area contributed by atoms with Gasteiger partial charge in [-0.1, -0.05) is 12.1 Å². The molecule has 5 heteroatoms. The Balaban J connectivity index is 2.60. The van der Waals surface area contributed by atoms with Gasteiger partial charge in [0.15, 0.2) is 0 Å². The predicted octanol–water partition coefficient (Wildman–Crippen LogP) is 0.947. The molecule has 0 aliphatic rings. The number of rotatable bonds is 5. The number of carbonyl (C=O) groups is 1. The predicted molar refractivity (Wildman–Crippen MR) is 52.4 cm³/mol. The van der Waals surface area contributed by atoms with Gasteiger partial charge in [-0.05, 0) is 24.1 Å². The molecule has 1 atom stereocenters. The highest BCUT2D eigenvalue weighted by Gasteiger charge is 2.11. The number of alkyl halides is 1. The van der Waals surface area contributed by atoms with E-state index in [1.165, 1.54) is 0 Å². The second-order valence-electron chi connectivity index (χ2n) is 3.05. The molecule has 1 aromatic rings. The van der Waals surface area contributed by atoms with Gasteiger partial charge in [-0.2, -0.15) is 0 Å². The zero-order valence-electron chi connectivity index (χ0n) is 8.02. The van der Waals surface area contributed by atoms with Gasteiger partial charge in [0.2, 0.25) is 6.86 Å². The van der Waals surface area contributed by atoms with Crippen molar-refractivity contribution in [2.24, 2.45) is 5.73 Å². The molecule has 1 aromatic carbocycles. The standard InChI is InChI=1S/C10H12FNO3/c11-6-15-8-3-1-7(2-4-8)5-9(12)10(13)14/h1-4,9H,5-6,12H2,(H,13,14)/i11-1. The molecule has 0 aromatic heterocycles. The van der Waals surface area contributed by atoms with Crippen LogP contribution < -0.4 is 10.5 Å². The van der Waals surface area contributed by atoms with E-state index in [-0.39, 0.29) is 6.42 Å². The number of benzene rings is 1. The van der Waals surface area contributed by atoms with Crippen LogP contribution >= 0.6 is 0 Å². The molecule has 1 unspecified atom stereocenters. The second-order valence-corrected chi connectivity index (χ2v) is 3.05. The Morgan fingerprint density at radius 1 is 1.47 bits per heavy atom. The van der Waals surface area contributed by atoms with Crippen molar-refractivity contribution < 1.29 is 19.0 Å². The van der Waals surface area contributed by atoms with Gasteiger partial charge in [-0.25, -0.2) is 4.39 Å². The number of carboxylic acid groups (broad SMARTS) is 1. The number of ether oxygens (including phenoxy) is 1. The first-order chi connectivity index (χ1) is 7.13. The van der Waals surface area contributed by atoms with E-state index in [0.717, 1.165) is 5.56 Å². The summed E-state index contributed by atoms with van der Waals surface area (Å²) in [7, 11) is 0. The van der Waals surface area contributed by atoms with Crippen molar-refractivity contribution in [1.29, 1.82) is 0 Å². The van der Waals surface area contributed by atoms with Crippen LogP contribution in [0.3, 0.4) is 0 Å². The van der Waals surface area contributed by atoms with Gasteiger partial charge in [-0.15, -0.1) is 0 Å². The molecule has 4 nitrogen and oxygen atoms in total. The lowest BCUT2D eigenvalue weighted by molar-refractivity contribution is -0.138. The Morgan fingerprint density at radius 3 is 2.53 bits per heavy atom. The van der Waals surface area contributed by atoms with Crippen LogP contribution in [0, 0.1) is 0 Å². The zero-order valence-corrected chi connectivity index (χ0v) is 8.02. The second kappa shape index (κ2) is 5.31. The molecule has 15 heavy (non-hydrogen) atoms. The minimum atomic E-state index is -1.04. The minimum absolute atomic E-state index is 0.241. The quantitative estimate of drug-likeness (QED) is 0.762. The fourth-order valence-corrected chi connectivity index (χ4v) is 1.13. The lowest BCUT2D eigenvalue weighted by atomic mass is 10.1. The molecule has 0 radical (unpaired) electrons. The van der Waals surface area contributed by atoms with Crippen LogP contribution in [-0.4, -0.2) is 24.0 Å². The summed E-state index contributed by atoms with van der Waals surface area (Å²) in [5.41, 5.74) is 6.13. The van der Waals surface area contributed by atoms with Crippen molar-refractivity contribution >= 4 is 5.97 Å². The third kappa shape index (κ3) is 3.55. The topological polar surface area (TPSA) is 72.5 Å². The van der Waals surface area contributed by atoms with Gasteiger partial charge < -0.3 is 15.6 Å². The lowest BCUT2D eigenvalue weighted by Crippen LogP contribution is -2.32. The molecule has 0 spiro atoms. The van der Waals surface area contributed by atoms with Crippen LogP contribution in [0.1, 0.15) is 5.56 Å². The van der Waals surface area contributed by atoms with Crippen LogP contribution in [0.15, 0.2) is 24.3 Å². The van der Waals surface area contributed by atoms with Gasteiger partial charge >= 0.3 is 5.97 Å². The Hall–Kier alpha value is -1.62. The molecular weight excluding hydrogens is 200 g/mol. The third-order valence-electron chi connectivity index (χ3n) is 1.92. The fourth-order valence-electron chi connectivity index (χ4n) is 1.13. The summed E-state index contributed by atoms with van der Waals surface area (Å²) in [6.45, 7) is -0.881.